The van der Waals surface area contributed by atoms with Crippen molar-refractivity contribution in [1.82, 2.24) is 5.32 Å². The van der Waals surface area contributed by atoms with E-state index in [0.717, 1.165) is 0 Å². The van der Waals surface area contributed by atoms with Crippen LogP contribution in [-0.4, -0.2) is 30.9 Å². The van der Waals surface area contributed by atoms with Crippen LogP contribution in [0.25, 0.3) is 0 Å². The van der Waals surface area contributed by atoms with Crippen LogP contribution < -0.4 is 20.7 Å². The van der Waals surface area contributed by atoms with E-state index in [1.807, 2.05) is 0 Å². The van der Waals surface area contributed by atoms with Crippen LogP contribution in [0.2, 0.25) is 0 Å². The summed E-state index contributed by atoms with van der Waals surface area (Å²) in [5.41, 5.74) is 1.49. The zero-order chi connectivity index (χ0) is 18.5. The van der Waals surface area contributed by atoms with Crippen molar-refractivity contribution in [2.75, 3.05) is 17.7 Å². The lowest BCUT2D eigenvalue weighted by Gasteiger charge is -2.13. The molecule has 0 unspecified atom stereocenters. The van der Waals surface area contributed by atoms with E-state index in [1.54, 1.807) is 48.5 Å². The van der Waals surface area contributed by atoms with Gasteiger partial charge in [0, 0.05) is 17.8 Å². The summed E-state index contributed by atoms with van der Waals surface area (Å²) >= 11 is 0. The highest BCUT2D eigenvalue weighted by Gasteiger charge is 2.27. The predicted octanol–water partition coefficient (Wildman–Crippen LogP) is 2.16. The smallest absolute Gasteiger partial charge is 0.259 e. The molecule has 26 heavy (non-hydrogen) atoms. The first-order valence-corrected chi connectivity index (χ1v) is 8.21. The van der Waals surface area contributed by atoms with Gasteiger partial charge < -0.3 is 20.7 Å². The third kappa shape index (κ3) is 4.00. The normalized spacial score (nSPS) is 15.9. The summed E-state index contributed by atoms with van der Waals surface area (Å²) < 4.78 is 5.19. The van der Waals surface area contributed by atoms with Crippen LogP contribution in [-0.2, 0) is 9.59 Å². The summed E-state index contributed by atoms with van der Waals surface area (Å²) in [6.07, 6.45) is 0.835. The summed E-state index contributed by atoms with van der Waals surface area (Å²) in [4.78, 5) is 35.8. The Kier molecular flexibility index (Phi) is 5.17. The second kappa shape index (κ2) is 7.69. The van der Waals surface area contributed by atoms with Gasteiger partial charge in [-0.05, 0) is 36.8 Å². The molecule has 3 N–H and O–H groups in total. The molecule has 0 bridgehead atoms. The molecule has 3 rings (SSSR count). The van der Waals surface area contributed by atoms with Crippen molar-refractivity contribution >= 4 is 29.1 Å². The average Bonchev–Trinajstić information content (AvgIpc) is 3.08. The van der Waals surface area contributed by atoms with Gasteiger partial charge in [-0.3, -0.25) is 14.4 Å². The number of hydrogen-bond acceptors (Lipinski definition) is 4. The number of amides is 3. The number of ether oxygens (including phenoxy) is 1. The Morgan fingerprint density at radius 2 is 1.81 bits per heavy atom. The third-order valence-electron chi connectivity index (χ3n) is 4.05. The zero-order valence-electron chi connectivity index (χ0n) is 14.2. The van der Waals surface area contributed by atoms with Gasteiger partial charge in [-0.2, -0.15) is 0 Å². The molecule has 7 heteroatoms. The average molecular weight is 353 g/mol. The van der Waals surface area contributed by atoms with Gasteiger partial charge >= 0.3 is 0 Å². The lowest BCUT2D eigenvalue weighted by Crippen LogP contribution is -2.37. The Labute approximate surface area is 150 Å². The largest absolute Gasteiger partial charge is 0.496 e. The minimum absolute atomic E-state index is 0.122. The SMILES string of the molecule is COc1ccccc1C(=O)Nc1cccc(NC(=O)[C@@H]2CCC(=O)N2)c1. The molecule has 1 saturated heterocycles. The van der Waals surface area contributed by atoms with E-state index in [9.17, 15) is 14.4 Å². The number of benzene rings is 2. The molecule has 1 heterocycles. The first-order chi connectivity index (χ1) is 12.6. The minimum atomic E-state index is -0.519. The van der Waals surface area contributed by atoms with Crippen LogP contribution in [0.3, 0.4) is 0 Å². The molecule has 3 amide bonds. The number of hydrogen-bond donors (Lipinski definition) is 3. The number of methoxy groups -OCH3 is 1. The van der Waals surface area contributed by atoms with Crippen molar-refractivity contribution in [2.45, 2.75) is 18.9 Å². The Hall–Kier alpha value is -3.35. The Morgan fingerprint density at radius 1 is 1.08 bits per heavy atom. The van der Waals surface area contributed by atoms with E-state index in [-0.39, 0.29) is 17.7 Å². The first kappa shape index (κ1) is 17.5. The van der Waals surface area contributed by atoms with Gasteiger partial charge in [0.2, 0.25) is 11.8 Å². The van der Waals surface area contributed by atoms with Gasteiger partial charge in [-0.25, -0.2) is 0 Å². The van der Waals surface area contributed by atoms with E-state index >= 15 is 0 Å². The predicted molar refractivity (Wildman–Crippen MR) is 97.2 cm³/mol. The van der Waals surface area contributed by atoms with Gasteiger partial charge in [-0.1, -0.05) is 18.2 Å². The van der Waals surface area contributed by atoms with Gasteiger partial charge in [0.05, 0.1) is 12.7 Å². The van der Waals surface area contributed by atoms with Gasteiger partial charge in [-0.15, -0.1) is 0 Å². The van der Waals surface area contributed by atoms with Crippen molar-refractivity contribution in [3.63, 3.8) is 0 Å². The Bertz CT molecular complexity index is 850. The second-order valence-corrected chi connectivity index (χ2v) is 5.88. The van der Waals surface area contributed by atoms with E-state index in [1.165, 1.54) is 7.11 Å². The number of para-hydroxylation sites is 1. The molecule has 0 aliphatic carbocycles. The maximum absolute atomic E-state index is 12.4. The van der Waals surface area contributed by atoms with Crippen molar-refractivity contribution in [3.8, 4) is 5.75 Å². The zero-order valence-corrected chi connectivity index (χ0v) is 14.2. The maximum Gasteiger partial charge on any atom is 0.259 e. The molecule has 2 aromatic rings. The maximum atomic E-state index is 12.4. The number of anilines is 2. The van der Waals surface area contributed by atoms with Gasteiger partial charge in [0.1, 0.15) is 11.8 Å². The molecule has 0 spiro atoms. The topological polar surface area (TPSA) is 96.5 Å². The molecule has 0 radical (unpaired) electrons. The quantitative estimate of drug-likeness (QED) is 0.767. The van der Waals surface area contributed by atoms with Gasteiger partial charge in [0.25, 0.3) is 5.91 Å². The third-order valence-corrected chi connectivity index (χ3v) is 4.05. The highest BCUT2D eigenvalue weighted by atomic mass is 16.5. The molecule has 2 aromatic carbocycles. The molecular formula is C19H19N3O4. The summed E-state index contributed by atoms with van der Waals surface area (Å²) in [7, 11) is 1.50. The minimum Gasteiger partial charge on any atom is -0.496 e. The van der Waals surface area contributed by atoms with Crippen molar-refractivity contribution in [3.05, 3.63) is 54.1 Å². The van der Waals surface area contributed by atoms with Crippen LogP contribution in [0, 0.1) is 0 Å². The van der Waals surface area contributed by atoms with Crippen molar-refractivity contribution < 1.29 is 19.1 Å². The number of carbonyl (C=O) groups is 3. The highest BCUT2D eigenvalue weighted by molar-refractivity contribution is 6.06. The Balaban J connectivity index is 1.68. The lowest BCUT2D eigenvalue weighted by atomic mass is 10.1. The molecule has 1 atom stereocenters. The summed E-state index contributed by atoms with van der Waals surface area (Å²) in [5.74, 6) is -0.229. The number of nitrogens with one attached hydrogen (secondary N) is 3. The Morgan fingerprint density at radius 3 is 2.50 bits per heavy atom. The lowest BCUT2D eigenvalue weighted by molar-refractivity contribution is -0.122. The summed E-state index contributed by atoms with van der Waals surface area (Å²) in [6, 6.07) is 13.2. The fourth-order valence-electron chi connectivity index (χ4n) is 2.75. The van der Waals surface area contributed by atoms with E-state index in [2.05, 4.69) is 16.0 Å². The monoisotopic (exact) mass is 353 g/mol. The molecule has 0 saturated carbocycles. The van der Waals surface area contributed by atoms with E-state index < -0.39 is 6.04 Å². The summed E-state index contributed by atoms with van der Waals surface area (Å²) in [6.45, 7) is 0. The molecule has 0 aromatic heterocycles. The summed E-state index contributed by atoms with van der Waals surface area (Å²) in [5, 5.41) is 8.15. The second-order valence-electron chi connectivity index (χ2n) is 5.88. The van der Waals surface area contributed by atoms with Crippen LogP contribution >= 0.6 is 0 Å². The van der Waals surface area contributed by atoms with Crippen LogP contribution in [0.5, 0.6) is 5.75 Å². The fourth-order valence-corrected chi connectivity index (χ4v) is 2.75. The highest BCUT2D eigenvalue weighted by Crippen LogP contribution is 2.21. The van der Waals surface area contributed by atoms with Crippen LogP contribution in [0.15, 0.2) is 48.5 Å². The van der Waals surface area contributed by atoms with Crippen molar-refractivity contribution in [2.24, 2.45) is 0 Å². The van der Waals surface area contributed by atoms with Gasteiger partial charge in [0.15, 0.2) is 0 Å². The molecule has 1 aliphatic heterocycles. The molecule has 7 nitrogen and oxygen atoms in total. The van der Waals surface area contributed by atoms with E-state index in [4.69, 9.17) is 4.74 Å². The molecule has 1 fully saturated rings. The van der Waals surface area contributed by atoms with E-state index in [0.29, 0.717) is 35.5 Å². The molecule has 1 aliphatic rings. The molecule has 134 valence electrons. The molecular weight excluding hydrogens is 334 g/mol. The number of rotatable bonds is 5. The van der Waals surface area contributed by atoms with Crippen LogP contribution in [0.4, 0.5) is 11.4 Å². The first-order valence-electron chi connectivity index (χ1n) is 8.21. The van der Waals surface area contributed by atoms with Crippen molar-refractivity contribution in [1.29, 1.82) is 0 Å². The fraction of sp³-hybridized carbons (Fsp3) is 0.211. The standard InChI is InChI=1S/C19H19N3O4/c1-26-16-8-3-2-7-14(16)18(24)20-12-5-4-6-13(11-12)21-19(25)15-9-10-17(23)22-15/h2-8,11,15H,9-10H2,1H3,(H,20,24)(H,21,25)(H,22,23)/t15-/m0/s1. The van der Waals surface area contributed by atoms with Crippen LogP contribution in [0.1, 0.15) is 23.2 Å². The number of carbonyl (C=O) groups excluding carboxylic acids is 3.